The quantitative estimate of drug-likeness (QED) is 0.618. The standard InChI is InChI=1S/C21H24ClN3O6S/c1-14(21(27)23-2)24(11-15-6-4-5-7-17(15)22)20(26)12-25(32(3,28)29)16-8-9-18-19(10-16)31-13-30-18/h4-10,14H,11-13H2,1-3H3,(H,23,27)/t14-/m1/s1. The number of benzene rings is 2. The number of halogens is 1. The third kappa shape index (κ3) is 5.25. The van der Waals surface area contributed by atoms with Crippen molar-refractivity contribution in [2.75, 3.05) is 30.9 Å². The molecule has 2 aromatic rings. The van der Waals surface area contributed by atoms with Crippen LogP contribution in [-0.2, 0) is 26.2 Å². The Balaban J connectivity index is 1.92. The fourth-order valence-corrected chi connectivity index (χ4v) is 4.29. The van der Waals surface area contributed by atoms with Gasteiger partial charge in [-0.25, -0.2) is 8.42 Å². The summed E-state index contributed by atoms with van der Waals surface area (Å²) in [7, 11) is -2.37. The summed E-state index contributed by atoms with van der Waals surface area (Å²) in [5.41, 5.74) is 0.877. The number of sulfonamides is 1. The Kier molecular flexibility index (Phi) is 7.15. The Hall–Kier alpha value is -2.98. The summed E-state index contributed by atoms with van der Waals surface area (Å²) < 4.78 is 36.6. The molecular weight excluding hydrogens is 458 g/mol. The van der Waals surface area contributed by atoms with Crippen LogP contribution in [0.4, 0.5) is 5.69 Å². The SMILES string of the molecule is CNC(=O)[C@@H](C)N(Cc1ccccc1Cl)C(=O)CN(c1ccc2c(c1)OCO2)S(C)(=O)=O. The number of hydrogen-bond acceptors (Lipinski definition) is 6. The van der Waals surface area contributed by atoms with Crippen molar-refractivity contribution in [3.63, 3.8) is 0 Å². The van der Waals surface area contributed by atoms with Gasteiger partial charge in [0.25, 0.3) is 0 Å². The molecule has 0 radical (unpaired) electrons. The number of amides is 2. The minimum atomic E-state index is -3.83. The van der Waals surface area contributed by atoms with Crippen LogP contribution in [0, 0.1) is 0 Å². The van der Waals surface area contributed by atoms with Gasteiger partial charge in [0.1, 0.15) is 12.6 Å². The number of likely N-dealkylation sites (N-methyl/N-ethyl adjacent to an activating group) is 1. The van der Waals surface area contributed by atoms with E-state index in [1.807, 2.05) is 0 Å². The number of rotatable bonds is 8. The normalized spacial score (nSPS) is 13.4. The van der Waals surface area contributed by atoms with Crippen LogP contribution in [0.15, 0.2) is 42.5 Å². The summed E-state index contributed by atoms with van der Waals surface area (Å²) in [6.07, 6.45) is 1.01. The predicted molar refractivity (Wildman–Crippen MR) is 120 cm³/mol. The lowest BCUT2D eigenvalue weighted by atomic mass is 10.1. The average Bonchev–Trinajstić information content (AvgIpc) is 3.22. The molecule has 172 valence electrons. The molecule has 9 nitrogen and oxygen atoms in total. The molecule has 1 aliphatic rings. The van der Waals surface area contributed by atoms with E-state index in [9.17, 15) is 18.0 Å². The van der Waals surface area contributed by atoms with Crippen LogP contribution in [-0.4, -0.2) is 57.8 Å². The summed E-state index contributed by atoms with van der Waals surface area (Å²) in [5.74, 6) is -0.0825. The molecule has 0 aromatic heterocycles. The van der Waals surface area contributed by atoms with Gasteiger partial charge in [-0.2, -0.15) is 0 Å². The first-order valence-corrected chi connectivity index (χ1v) is 12.0. The zero-order valence-corrected chi connectivity index (χ0v) is 19.4. The maximum Gasteiger partial charge on any atom is 0.244 e. The molecule has 32 heavy (non-hydrogen) atoms. The summed E-state index contributed by atoms with van der Waals surface area (Å²) in [6.45, 7) is 1.13. The zero-order valence-electron chi connectivity index (χ0n) is 17.9. The van der Waals surface area contributed by atoms with Crippen molar-refractivity contribution in [3.8, 4) is 11.5 Å². The average molecular weight is 482 g/mol. The predicted octanol–water partition coefficient (Wildman–Crippen LogP) is 2.00. The van der Waals surface area contributed by atoms with E-state index in [2.05, 4.69) is 5.32 Å². The maximum absolute atomic E-state index is 13.3. The molecule has 0 fully saturated rings. The Morgan fingerprint density at radius 1 is 1.16 bits per heavy atom. The van der Waals surface area contributed by atoms with Crippen LogP contribution < -0.4 is 19.1 Å². The minimum absolute atomic E-state index is 0.0336. The Bertz CT molecular complexity index is 1120. The van der Waals surface area contributed by atoms with E-state index in [0.717, 1.165) is 10.6 Å². The van der Waals surface area contributed by atoms with Gasteiger partial charge in [0, 0.05) is 24.7 Å². The molecule has 0 bridgehead atoms. The first kappa shape index (κ1) is 23.7. The monoisotopic (exact) mass is 481 g/mol. The summed E-state index contributed by atoms with van der Waals surface area (Å²) in [5, 5.41) is 2.95. The second-order valence-corrected chi connectivity index (χ2v) is 9.52. The fourth-order valence-electron chi connectivity index (χ4n) is 3.26. The number of fused-ring (bicyclic) bond motifs is 1. The maximum atomic E-state index is 13.3. The summed E-state index contributed by atoms with van der Waals surface area (Å²) in [6, 6.07) is 10.7. The highest BCUT2D eigenvalue weighted by atomic mass is 35.5. The first-order valence-electron chi connectivity index (χ1n) is 9.73. The van der Waals surface area contributed by atoms with E-state index in [4.69, 9.17) is 21.1 Å². The van der Waals surface area contributed by atoms with E-state index in [0.29, 0.717) is 22.1 Å². The highest BCUT2D eigenvalue weighted by Crippen LogP contribution is 2.36. The summed E-state index contributed by atoms with van der Waals surface area (Å²) in [4.78, 5) is 26.9. The molecule has 0 spiro atoms. The minimum Gasteiger partial charge on any atom is -0.454 e. The number of nitrogens with zero attached hydrogens (tertiary/aromatic N) is 2. The molecule has 0 unspecified atom stereocenters. The molecule has 0 saturated carbocycles. The lowest BCUT2D eigenvalue weighted by molar-refractivity contribution is -0.139. The van der Waals surface area contributed by atoms with Gasteiger partial charge in [-0.1, -0.05) is 29.8 Å². The van der Waals surface area contributed by atoms with Crippen LogP contribution in [0.1, 0.15) is 12.5 Å². The largest absolute Gasteiger partial charge is 0.454 e. The van der Waals surface area contributed by atoms with E-state index >= 15 is 0 Å². The molecule has 3 rings (SSSR count). The van der Waals surface area contributed by atoms with E-state index < -0.39 is 28.5 Å². The smallest absolute Gasteiger partial charge is 0.244 e. The van der Waals surface area contributed by atoms with Crippen LogP contribution in [0.5, 0.6) is 11.5 Å². The molecule has 0 aliphatic carbocycles. The zero-order chi connectivity index (χ0) is 23.5. The first-order chi connectivity index (χ1) is 15.1. The third-order valence-electron chi connectivity index (χ3n) is 5.04. The fraction of sp³-hybridized carbons (Fsp3) is 0.333. The van der Waals surface area contributed by atoms with Crippen molar-refractivity contribution >= 4 is 39.1 Å². The second-order valence-electron chi connectivity index (χ2n) is 7.21. The number of carbonyl (C=O) groups is 2. The van der Waals surface area contributed by atoms with Crippen molar-refractivity contribution < 1.29 is 27.5 Å². The highest BCUT2D eigenvalue weighted by Gasteiger charge is 2.30. The molecule has 2 amide bonds. The molecule has 1 atom stereocenters. The van der Waals surface area contributed by atoms with Crippen molar-refractivity contribution in [1.82, 2.24) is 10.2 Å². The number of anilines is 1. The number of carbonyl (C=O) groups excluding carboxylic acids is 2. The molecule has 1 N–H and O–H groups in total. The molecule has 0 saturated heterocycles. The molecule has 2 aromatic carbocycles. The van der Waals surface area contributed by atoms with Crippen molar-refractivity contribution in [2.24, 2.45) is 0 Å². The van der Waals surface area contributed by atoms with Gasteiger partial charge < -0.3 is 19.7 Å². The van der Waals surface area contributed by atoms with Gasteiger partial charge in [0.05, 0.1) is 11.9 Å². The van der Waals surface area contributed by atoms with Gasteiger partial charge in [-0.15, -0.1) is 0 Å². The number of nitrogens with one attached hydrogen (secondary N) is 1. The Morgan fingerprint density at radius 3 is 2.50 bits per heavy atom. The van der Waals surface area contributed by atoms with Crippen LogP contribution in [0.2, 0.25) is 5.02 Å². The molecule has 1 aliphatic heterocycles. The van der Waals surface area contributed by atoms with Gasteiger partial charge in [-0.3, -0.25) is 13.9 Å². The molecule has 1 heterocycles. The Morgan fingerprint density at radius 2 is 1.84 bits per heavy atom. The van der Waals surface area contributed by atoms with E-state index in [1.165, 1.54) is 24.1 Å². The van der Waals surface area contributed by atoms with Crippen molar-refractivity contribution in [1.29, 1.82) is 0 Å². The third-order valence-corrected chi connectivity index (χ3v) is 6.54. The van der Waals surface area contributed by atoms with Crippen LogP contribution in [0.25, 0.3) is 0 Å². The van der Waals surface area contributed by atoms with Crippen molar-refractivity contribution in [3.05, 3.63) is 53.1 Å². The van der Waals surface area contributed by atoms with Crippen LogP contribution >= 0.6 is 11.6 Å². The summed E-state index contributed by atoms with van der Waals surface area (Å²) >= 11 is 6.25. The van der Waals surface area contributed by atoms with Crippen LogP contribution in [0.3, 0.4) is 0 Å². The van der Waals surface area contributed by atoms with Gasteiger partial charge in [0.15, 0.2) is 11.5 Å². The number of ether oxygens (including phenoxy) is 2. The number of hydrogen-bond donors (Lipinski definition) is 1. The van der Waals surface area contributed by atoms with Crippen molar-refractivity contribution in [2.45, 2.75) is 19.5 Å². The second kappa shape index (κ2) is 9.66. The lowest BCUT2D eigenvalue weighted by Crippen LogP contribution is -2.50. The Labute approximate surface area is 191 Å². The highest BCUT2D eigenvalue weighted by molar-refractivity contribution is 7.92. The topological polar surface area (TPSA) is 105 Å². The van der Waals surface area contributed by atoms with E-state index in [1.54, 1.807) is 37.3 Å². The van der Waals surface area contributed by atoms with Gasteiger partial charge >= 0.3 is 0 Å². The van der Waals surface area contributed by atoms with Gasteiger partial charge in [0.2, 0.25) is 28.6 Å². The molecule has 11 heteroatoms. The van der Waals surface area contributed by atoms with E-state index in [-0.39, 0.29) is 24.9 Å². The van der Waals surface area contributed by atoms with Gasteiger partial charge in [-0.05, 0) is 30.7 Å². The lowest BCUT2D eigenvalue weighted by Gasteiger charge is -2.31. The molecular formula is C21H24ClN3O6S.